The topological polar surface area (TPSA) is 0 Å². The second-order valence-corrected chi connectivity index (χ2v) is 5.99. The van der Waals surface area contributed by atoms with E-state index in [0.29, 0.717) is 0 Å². The summed E-state index contributed by atoms with van der Waals surface area (Å²) in [5.74, 6) is 6.38. The molecule has 2 heteroatoms. The molecule has 0 saturated heterocycles. The molecule has 1 saturated carbocycles. The zero-order valence-corrected chi connectivity index (χ0v) is 10.1. The Balaban J connectivity index is 1.87. The number of rotatable bonds is 1. The van der Waals surface area contributed by atoms with Crippen LogP contribution in [-0.2, 0) is 0 Å². The molecule has 0 nitrogen and oxygen atoms in total. The van der Waals surface area contributed by atoms with Crippen molar-refractivity contribution in [1.29, 1.82) is 0 Å². The molecule has 1 fully saturated rings. The fraction of sp³-hybridized carbons (Fsp3) is 0.727. The van der Waals surface area contributed by atoms with Crippen LogP contribution in [0, 0.1) is 11.8 Å². The molecule has 0 amide bonds. The first-order valence-electron chi connectivity index (χ1n) is 5.33. The van der Waals surface area contributed by atoms with Crippen LogP contribution in [0.25, 0.3) is 0 Å². The van der Waals surface area contributed by atoms with Gasteiger partial charge < -0.3 is 0 Å². The van der Waals surface area contributed by atoms with Crippen LogP contribution in [0.4, 0.5) is 0 Å². The summed E-state index contributed by atoms with van der Waals surface area (Å²) in [4.78, 5) is 0. The summed E-state index contributed by atoms with van der Waals surface area (Å²) in [6, 6.07) is 0. The van der Waals surface area contributed by atoms with E-state index in [2.05, 4.69) is 47.5 Å². The third kappa shape index (κ3) is 2.68. The van der Waals surface area contributed by atoms with Crippen molar-refractivity contribution < 1.29 is 0 Å². The number of hydrogen-bond acceptors (Lipinski definition) is 0. The molecule has 0 aromatic heterocycles. The molecule has 2 rings (SSSR count). The number of hydrogen-bond donors (Lipinski definition) is 0. The molecule has 1 aliphatic carbocycles. The van der Waals surface area contributed by atoms with Crippen LogP contribution in [0.15, 0.2) is 12.1 Å². The van der Waals surface area contributed by atoms with Gasteiger partial charge in [-0.15, -0.1) is 0 Å². The third-order valence-electron chi connectivity index (χ3n) is 3.32. The molecule has 2 aliphatic rings. The molecular weight excluding hydrogens is 270 g/mol. The molecule has 0 N–H and O–H groups in total. The summed E-state index contributed by atoms with van der Waals surface area (Å²) in [7, 11) is 0. The SMILES string of the molecule is IC1CCC(C2C=CB=CC2)CC1. The standard InChI is InChI=1S/C11H16BI/c13-11-3-1-9(2-4-11)10-5-7-12-8-6-10/h5,7-11H,1-4,6H2. The van der Waals surface area contributed by atoms with Crippen LogP contribution in [0.1, 0.15) is 32.1 Å². The molecule has 0 spiro atoms. The van der Waals surface area contributed by atoms with Gasteiger partial charge in [0.25, 0.3) is 0 Å². The van der Waals surface area contributed by atoms with Gasteiger partial charge in [-0.3, -0.25) is 0 Å². The van der Waals surface area contributed by atoms with Crippen LogP contribution < -0.4 is 0 Å². The van der Waals surface area contributed by atoms with Gasteiger partial charge in [-0.25, -0.2) is 0 Å². The van der Waals surface area contributed by atoms with E-state index in [9.17, 15) is 0 Å². The third-order valence-corrected chi connectivity index (χ3v) is 4.57. The maximum absolute atomic E-state index is 2.61. The van der Waals surface area contributed by atoms with E-state index in [0.717, 1.165) is 15.8 Å². The second kappa shape index (κ2) is 4.76. The van der Waals surface area contributed by atoms with Crippen molar-refractivity contribution in [3.8, 4) is 0 Å². The average Bonchev–Trinajstić information content (AvgIpc) is 2.20. The summed E-state index contributed by atoms with van der Waals surface area (Å²) in [6.07, 6.45) is 9.50. The van der Waals surface area contributed by atoms with Gasteiger partial charge in [-0.2, -0.15) is 0 Å². The monoisotopic (exact) mass is 286 g/mol. The summed E-state index contributed by atoms with van der Waals surface area (Å²) < 4.78 is 0.956. The first-order chi connectivity index (χ1) is 6.36. The quantitative estimate of drug-likeness (QED) is 0.395. The fourth-order valence-corrected chi connectivity index (χ4v) is 3.18. The van der Waals surface area contributed by atoms with E-state index in [-0.39, 0.29) is 0 Å². The van der Waals surface area contributed by atoms with E-state index < -0.39 is 0 Å². The molecular formula is C11H16BI. The van der Waals surface area contributed by atoms with Crippen molar-refractivity contribution in [2.24, 2.45) is 11.8 Å². The van der Waals surface area contributed by atoms with Gasteiger partial charge in [-0.1, -0.05) is 0 Å². The van der Waals surface area contributed by atoms with Gasteiger partial charge in [0.1, 0.15) is 0 Å². The molecule has 70 valence electrons. The van der Waals surface area contributed by atoms with Gasteiger partial charge in [0, 0.05) is 0 Å². The molecule has 0 radical (unpaired) electrons. The summed E-state index contributed by atoms with van der Waals surface area (Å²) in [6.45, 7) is 2.18. The Morgan fingerprint density at radius 3 is 2.54 bits per heavy atom. The number of alkyl halides is 1. The first-order valence-corrected chi connectivity index (χ1v) is 6.58. The number of halogens is 1. The Hall–Kier alpha value is 0.405. The molecule has 0 aromatic carbocycles. The Bertz CT molecular complexity index is 214. The Labute approximate surface area is 95.2 Å². The molecule has 1 atom stereocenters. The summed E-state index contributed by atoms with van der Waals surface area (Å²) in [5, 5.41) is 0. The van der Waals surface area contributed by atoms with Crippen LogP contribution in [0.2, 0.25) is 0 Å². The zero-order valence-electron chi connectivity index (χ0n) is 7.95. The van der Waals surface area contributed by atoms with E-state index in [1.165, 1.54) is 32.1 Å². The van der Waals surface area contributed by atoms with Crippen molar-refractivity contribution in [1.82, 2.24) is 0 Å². The number of allylic oxidation sites excluding steroid dienone is 1. The van der Waals surface area contributed by atoms with Crippen LogP contribution in [-0.4, -0.2) is 16.8 Å². The molecule has 1 unspecified atom stereocenters. The van der Waals surface area contributed by atoms with Gasteiger partial charge in [0.15, 0.2) is 0 Å². The molecule has 1 heterocycles. The average molecular weight is 286 g/mol. The molecule has 0 aromatic rings. The predicted molar refractivity (Wildman–Crippen MR) is 68.8 cm³/mol. The summed E-state index contributed by atoms with van der Waals surface area (Å²) >= 11 is 2.61. The maximum atomic E-state index is 2.61. The normalized spacial score (nSPS) is 38.7. The van der Waals surface area contributed by atoms with Gasteiger partial charge in [0.2, 0.25) is 0 Å². The molecule has 13 heavy (non-hydrogen) atoms. The molecule has 1 aliphatic heterocycles. The van der Waals surface area contributed by atoms with Crippen molar-refractivity contribution in [2.75, 3.05) is 0 Å². The van der Waals surface area contributed by atoms with Crippen molar-refractivity contribution >= 4 is 35.5 Å². The minimum absolute atomic E-state index is 0.855. The molecule has 0 bridgehead atoms. The van der Waals surface area contributed by atoms with E-state index in [1.807, 2.05) is 0 Å². The predicted octanol–water partition coefficient (Wildman–Crippen LogP) is 3.02. The van der Waals surface area contributed by atoms with E-state index >= 15 is 0 Å². The van der Waals surface area contributed by atoms with Crippen molar-refractivity contribution in [2.45, 2.75) is 36.0 Å². The van der Waals surface area contributed by atoms with Crippen molar-refractivity contribution in [3.05, 3.63) is 12.1 Å². The zero-order chi connectivity index (χ0) is 9.10. The van der Waals surface area contributed by atoms with Gasteiger partial charge in [0.05, 0.1) is 0 Å². The van der Waals surface area contributed by atoms with Crippen LogP contribution in [0.3, 0.4) is 0 Å². The van der Waals surface area contributed by atoms with Crippen LogP contribution in [0.5, 0.6) is 0 Å². The first kappa shape index (κ1) is 9.94. The second-order valence-electron chi connectivity index (χ2n) is 4.22. The summed E-state index contributed by atoms with van der Waals surface area (Å²) in [5.41, 5.74) is 0. The Morgan fingerprint density at radius 1 is 1.15 bits per heavy atom. The van der Waals surface area contributed by atoms with Gasteiger partial charge in [-0.05, 0) is 0 Å². The fourth-order valence-electron chi connectivity index (χ4n) is 2.46. The van der Waals surface area contributed by atoms with E-state index in [1.54, 1.807) is 0 Å². The Morgan fingerprint density at radius 2 is 1.92 bits per heavy atom. The minimum atomic E-state index is 0.855. The Kier molecular flexibility index (Phi) is 3.64. The van der Waals surface area contributed by atoms with Crippen molar-refractivity contribution in [3.63, 3.8) is 0 Å². The van der Waals surface area contributed by atoms with E-state index in [4.69, 9.17) is 0 Å². The van der Waals surface area contributed by atoms with Gasteiger partial charge >= 0.3 is 95.4 Å². The van der Waals surface area contributed by atoms with Crippen LogP contribution >= 0.6 is 22.6 Å².